The van der Waals surface area contributed by atoms with Gasteiger partial charge in [-0.25, -0.2) is 9.59 Å². The van der Waals surface area contributed by atoms with Gasteiger partial charge in [-0.3, -0.25) is 0 Å². The Morgan fingerprint density at radius 1 is 0.821 bits per heavy atom. The van der Waals surface area contributed by atoms with Crippen LogP contribution in [0.2, 0.25) is 0 Å². The third-order valence-corrected chi connectivity index (χ3v) is 4.70. The molecule has 3 rings (SSSR count). The lowest BCUT2D eigenvalue weighted by Gasteiger charge is -2.23. The van der Waals surface area contributed by atoms with Gasteiger partial charge in [-0.1, -0.05) is 60.2 Å². The van der Waals surface area contributed by atoms with Crippen LogP contribution in [-0.4, -0.2) is 17.0 Å². The fourth-order valence-corrected chi connectivity index (χ4v) is 3.54. The molecule has 0 spiro atoms. The van der Waals surface area contributed by atoms with Gasteiger partial charge in [0.05, 0.1) is 11.1 Å². The van der Waals surface area contributed by atoms with E-state index in [1.54, 1.807) is 12.1 Å². The molecular weight excluding hydrogens is 352 g/mol. The zero-order valence-corrected chi connectivity index (χ0v) is 16.1. The molecule has 0 unspecified atom stereocenters. The van der Waals surface area contributed by atoms with E-state index in [2.05, 4.69) is 12.1 Å². The summed E-state index contributed by atoms with van der Waals surface area (Å²) in [6.45, 7) is 6.00. The molecule has 0 bridgehead atoms. The van der Waals surface area contributed by atoms with Crippen molar-refractivity contribution in [1.82, 2.24) is 0 Å². The summed E-state index contributed by atoms with van der Waals surface area (Å²) < 4.78 is 5.90. The van der Waals surface area contributed by atoms with Crippen molar-refractivity contribution in [2.75, 3.05) is 0 Å². The predicted octanol–water partition coefficient (Wildman–Crippen LogP) is 5.26. The molecule has 0 aliphatic heterocycles. The topological polar surface area (TPSA) is 63.6 Å². The van der Waals surface area contributed by atoms with Crippen LogP contribution in [0, 0.1) is 20.8 Å². The van der Waals surface area contributed by atoms with E-state index < -0.39 is 18.0 Å². The molecule has 1 N–H and O–H groups in total. The summed E-state index contributed by atoms with van der Waals surface area (Å²) in [6, 6.07) is 19.7. The highest BCUT2D eigenvalue weighted by Gasteiger charge is 2.25. The van der Waals surface area contributed by atoms with Crippen LogP contribution < -0.4 is 0 Å². The van der Waals surface area contributed by atoms with Crippen molar-refractivity contribution in [3.8, 4) is 0 Å². The first-order chi connectivity index (χ1) is 13.4. The van der Waals surface area contributed by atoms with E-state index in [1.165, 1.54) is 12.1 Å². The Morgan fingerprint density at radius 2 is 1.36 bits per heavy atom. The van der Waals surface area contributed by atoms with Crippen molar-refractivity contribution in [2.45, 2.75) is 26.9 Å². The van der Waals surface area contributed by atoms with E-state index >= 15 is 0 Å². The van der Waals surface area contributed by atoms with Gasteiger partial charge in [0.2, 0.25) is 0 Å². The molecule has 0 saturated heterocycles. The Labute approximate surface area is 164 Å². The van der Waals surface area contributed by atoms with Crippen molar-refractivity contribution in [1.29, 1.82) is 0 Å². The van der Waals surface area contributed by atoms with Crippen molar-refractivity contribution in [2.24, 2.45) is 0 Å². The number of carboxylic acids is 1. The number of hydrogen-bond acceptors (Lipinski definition) is 3. The highest BCUT2D eigenvalue weighted by Crippen LogP contribution is 2.33. The second kappa shape index (κ2) is 8.09. The minimum atomic E-state index is -1.16. The number of esters is 1. The molecule has 0 radical (unpaired) electrons. The minimum Gasteiger partial charge on any atom is -0.478 e. The highest BCUT2D eigenvalue weighted by atomic mass is 16.5. The smallest absolute Gasteiger partial charge is 0.339 e. The van der Waals surface area contributed by atoms with Crippen molar-refractivity contribution < 1.29 is 19.4 Å². The lowest BCUT2D eigenvalue weighted by molar-refractivity contribution is 0.0369. The first-order valence-electron chi connectivity index (χ1n) is 9.04. The van der Waals surface area contributed by atoms with Crippen LogP contribution in [0.1, 0.15) is 54.6 Å². The van der Waals surface area contributed by atoms with Crippen LogP contribution in [0.15, 0.2) is 66.7 Å². The number of carboxylic acid groups (broad SMARTS) is 1. The molecule has 0 aromatic heterocycles. The molecule has 28 heavy (non-hydrogen) atoms. The average Bonchev–Trinajstić information content (AvgIpc) is 2.67. The number of carbonyl (C=O) groups excluding carboxylic acids is 1. The average molecular weight is 374 g/mol. The zero-order valence-electron chi connectivity index (χ0n) is 16.1. The lowest BCUT2D eigenvalue weighted by Crippen LogP contribution is -2.17. The number of aromatic carboxylic acids is 1. The third kappa shape index (κ3) is 3.96. The zero-order chi connectivity index (χ0) is 20.3. The second-order valence-electron chi connectivity index (χ2n) is 6.86. The van der Waals surface area contributed by atoms with E-state index in [1.807, 2.05) is 51.1 Å². The van der Waals surface area contributed by atoms with Crippen LogP contribution in [-0.2, 0) is 4.74 Å². The number of benzene rings is 3. The maximum absolute atomic E-state index is 12.9. The third-order valence-electron chi connectivity index (χ3n) is 4.70. The number of carbonyl (C=O) groups is 2. The summed E-state index contributed by atoms with van der Waals surface area (Å²) in [5.74, 6) is -1.82. The van der Waals surface area contributed by atoms with Gasteiger partial charge in [-0.15, -0.1) is 0 Å². The molecule has 0 amide bonds. The van der Waals surface area contributed by atoms with E-state index in [4.69, 9.17) is 4.74 Å². The molecule has 3 aromatic rings. The number of hydrogen-bond donors (Lipinski definition) is 1. The SMILES string of the molecule is Cc1cc(C)c([C@H](OC(=O)c2ccccc2C(=O)O)c2ccccc2)c(C)c1. The van der Waals surface area contributed by atoms with Gasteiger partial charge < -0.3 is 9.84 Å². The maximum Gasteiger partial charge on any atom is 0.339 e. The highest BCUT2D eigenvalue weighted by molar-refractivity contribution is 6.02. The van der Waals surface area contributed by atoms with Crippen LogP contribution in [0.5, 0.6) is 0 Å². The Balaban J connectivity index is 2.08. The van der Waals surface area contributed by atoms with Gasteiger partial charge >= 0.3 is 11.9 Å². The monoisotopic (exact) mass is 374 g/mol. The lowest BCUT2D eigenvalue weighted by atomic mass is 9.91. The Bertz CT molecular complexity index is 999. The van der Waals surface area contributed by atoms with Crippen LogP contribution in [0.3, 0.4) is 0 Å². The molecule has 142 valence electrons. The quantitative estimate of drug-likeness (QED) is 0.619. The molecule has 0 heterocycles. The summed E-state index contributed by atoms with van der Waals surface area (Å²) in [4.78, 5) is 24.4. The molecular formula is C24H22O4. The predicted molar refractivity (Wildman–Crippen MR) is 108 cm³/mol. The summed E-state index contributed by atoms with van der Waals surface area (Å²) in [5, 5.41) is 9.39. The fourth-order valence-electron chi connectivity index (χ4n) is 3.54. The summed E-state index contributed by atoms with van der Waals surface area (Å²) in [7, 11) is 0. The molecule has 0 aliphatic carbocycles. The molecule has 4 heteroatoms. The van der Waals surface area contributed by atoms with Gasteiger partial charge in [0.1, 0.15) is 0 Å². The van der Waals surface area contributed by atoms with Gasteiger partial charge in [0.15, 0.2) is 6.10 Å². The van der Waals surface area contributed by atoms with Gasteiger partial charge in [-0.2, -0.15) is 0 Å². The normalized spacial score (nSPS) is 11.7. The van der Waals surface area contributed by atoms with E-state index in [0.717, 1.165) is 27.8 Å². The number of aryl methyl sites for hydroxylation is 3. The van der Waals surface area contributed by atoms with Crippen LogP contribution in [0.4, 0.5) is 0 Å². The fraction of sp³-hybridized carbons (Fsp3) is 0.167. The molecule has 1 atom stereocenters. The second-order valence-corrected chi connectivity index (χ2v) is 6.86. The first-order valence-corrected chi connectivity index (χ1v) is 9.04. The van der Waals surface area contributed by atoms with Crippen molar-refractivity contribution in [3.63, 3.8) is 0 Å². The van der Waals surface area contributed by atoms with Gasteiger partial charge in [0, 0.05) is 5.56 Å². The molecule has 0 aliphatic rings. The van der Waals surface area contributed by atoms with Crippen LogP contribution >= 0.6 is 0 Å². The van der Waals surface area contributed by atoms with Crippen molar-refractivity contribution in [3.05, 3.63) is 106 Å². The van der Waals surface area contributed by atoms with E-state index in [-0.39, 0.29) is 11.1 Å². The molecule has 0 fully saturated rings. The maximum atomic E-state index is 12.9. The Hall–Kier alpha value is -3.40. The Morgan fingerprint density at radius 3 is 1.93 bits per heavy atom. The number of rotatable bonds is 5. The molecule has 4 nitrogen and oxygen atoms in total. The van der Waals surface area contributed by atoms with Crippen molar-refractivity contribution >= 4 is 11.9 Å². The molecule has 3 aromatic carbocycles. The molecule has 0 saturated carbocycles. The van der Waals surface area contributed by atoms with Crippen LogP contribution in [0.25, 0.3) is 0 Å². The van der Waals surface area contributed by atoms with Gasteiger partial charge in [0.25, 0.3) is 0 Å². The summed E-state index contributed by atoms with van der Waals surface area (Å²) >= 11 is 0. The van der Waals surface area contributed by atoms with E-state index in [9.17, 15) is 14.7 Å². The first kappa shape index (κ1) is 19.4. The standard InChI is InChI=1S/C24H22O4/c1-15-13-16(2)21(17(3)14-15)22(18-9-5-4-6-10-18)28-24(27)20-12-8-7-11-19(20)23(25)26/h4-14,22H,1-3H3,(H,25,26)/t22-/m1/s1. The summed E-state index contributed by atoms with van der Waals surface area (Å²) in [6.07, 6.45) is -0.629. The van der Waals surface area contributed by atoms with E-state index in [0.29, 0.717) is 0 Å². The minimum absolute atomic E-state index is 0.0401. The summed E-state index contributed by atoms with van der Waals surface area (Å²) in [5.41, 5.74) is 4.89. The number of ether oxygens (including phenoxy) is 1. The van der Waals surface area contributed by atoms with Gasteiger partial charge in [-0.05, 0) is 49.6 Å². The Kier molecular flexibility index (Phi) is 5.59. The largest absolute Gasteiger partial charge is 0.478 e.